The summed E-state index contributed by atoms with van der Waals surface area (Å²) >= 11 is 0. The second-order valence-corrected chi connectivity index (χ2v) is 6.08. The van der Waals surface area contributed by atoms with Crippen molar-refractivity contribution in [1.82, 2.24) is 10.6 Å². The predicted molar refractivity (Wildman–Crippen MR) is 86.0 cm³/mol. The second-order valence-electron chi connectivity index (χ2n) is 6.08. The van der Waals surface area contributed by atoms with Crippen LogP contribution in [0.15, 0.2) is 29.4 Å². The van der Waals surface area contributed by atoms with E-state index < -0.39 is 6.10 Å². The van der Waals surface area contributed by atoms with Crippen LogP contribution in [-0.2, 0) is 14.4 Å². The summed E-state index contributed by atoms with van der Waals surface area (Å²) in [4.78, 5) is 28.8. The Kier molecular flexibility index (Phi) is 4.60. The van der Waals surface area contributed by atoms with Gasteiger partial charge in [0.25, 0.3) is 5.91 Å². The zero-order valence-corrected chi connectivity index (χ0v) is 13.2. The quantitative estimate of drug-likeness (QED) is 0.830. The number of benzene rings is 1. The lowest BCUT2D eigenvalue weighted by atomic mass is 10.0. The average molecular weight is 315 g/mol. The largest absolute Gasteiger partial charge is 0.382 e. The van der Waals surface area contributed by atoms with E-state index in [4.69, 9.17) is 4.84 Å². The first kappa shape index (κ1) is 15.5. The highest BCUT2D eigenvalue weighted by Gasteiger charge is 2.29. The molecule has 6 nitrogen and oxygen atoms in total. The highest BCUT2D eigenvalue weighted by Crippen LogP contribution is 2.19. The fourth-order valence-corrected chi connectivity index (χ4v) is 2.38. The Morgan fingerprint density at radius 1 is 1.26 bits per heavy atom. The number of carbonyl (C=O) groups is 2. The zero-order chi connectivity index (χ0) is 16.2. The molecule has 1 aromatic rings. The monoisotopic (exact) mass is 315 g/mol. The Balaban J connectivity index is 1.41. The molecule has 2 aliphatic rings. The summed E-state index contributed by atoms with van der Waals surface area (Å²) in [5.74, 6) is -0.244. The molecular weight excluding hydrogens is 294 g/mol. The molecule has 1 aromatic carbocycles. The number of aryl methyl sites for hydroxylation is 1. The molecule has 0 aromatic heterocycles. The Bertz CT molecular complexity index is 620. The van der Waals surface area contributed by atoms with E-state index in [2.05, 4.69) is 15.8 Å². The standard InChI is InChI=1S/C17H21N3O3/c1-11-2-4-12(5-3-11)14-10-15(23-20-14)17(22)18-9-8-16(21)19-13-6-7-13/h2-5,13,15H,6-10H2,1H3,(H,18,22)(H,19,21). The van der Waals surface area contributed by atoms with Crippen LogP contribution in [0, 0.1) is 6.92 Å². The highest BCUT2D eigenvalue weighted by atomic mass is 16.6. The van der Waals surface area contributed by atoms with Crippen LogP contribution < -0.4 is 10.6 Å². The minimum Gasteiger partial charge on any atom is -0.382 e. The van der Waals surface area contributed by atoms with Gasteiger partial charge in [-0.05, 0) is 25.3 Å². The molecule has 1 aliphatic carbocycles. The number of hydrogen-bond acceptors (Lipinski definition) is 4. The summed E-state index contributed by atoms with van der Waals surface area (Å²) in [6.07, 6.45) is 2.25. The SMILES string of the molecule is Cc1ccc(C2=NOC(C(=O)NCCC(=O)NC3CC3)C2)cc1. The van der Waals surface area contributed by atoms with Crippen LogP contribution in [0.2, 0.25) is 0 Å². The first-order valence-corrected chi connectivity index (χ1v) is 7.98. The van der Waals surface area contributed by atoms with E-state index in [9.17, 15) is 9.59 Å². The van der Waals surface area contributed by atoms with E-state index in [1.54, 1.807) is 0 Å². The van der Waals surface area contributed by atoms with Crippen LogP contribution in [-0.4, -0.2) is 36.2 Å². The molecule has 1 fully saturated rings. The number of amides is 2. The zero-order valence-electron chi connectivity index (χ0n) is 13.2. The summed E-state index contributed by atoms with van der Waals surface area (Å²) in [6.45, 7) is 2.34. The number of rotatable bonds is 6. The van der Waals surface area contributed by atoms with Crippen molar-refractivity contribution < 1.29 is 14.4 Å². The highest BCUT2D eigenvalue weighted by molar-refractivity contribution is 6.04. The fourth-order valence-electron chi connectivity index (χ4n) is 2.38. The fraction of sp³-hybridized carbons (Fsp3) is 0.471. The van der Waals surface area contributed by atoms with Crippen LogP contribution in [0.3, 0.4) is 0 Å². The van der Waals surface area contributed by atoms with Gasteiger partial charge < -0.3 is 15.5 Å². The lowest BCUT2D eigenvalue weighted by Crippen LogP contribution is -2.37. The molecule has 0 saturated heterocycles. The van der Waals surface area contributed by atoms with E-state index in [-0.39, 0.29) is 11.8 Å². The maximum Gasteiger partial charge on any atom is 0.264 e. The molecule has 1 atom stereocenters. The van der Waals surface area contributed by atoms with Gasteiger partial charge in [-0.2, -0.15) is 0 Å². The van der Waals surface area contributed by atoms with Crippen LogP contribution in [0.25, 0.3) is 0 Å². The number of carbonyl (C=O) groups excluding carboxylic acids is 2. The Morgan fingerprint density at radius 3 is 2.70 bits per heavy atom. The van der Waals surface area contributed by atoms with Gasteiger partial charge in [-0.3, -0.25) is 9.59 Å². The Labute approximate surface area is 135 Å². The van der Waals surface area contributed by atoms with Crippen molar-refractivity contribution in [3.8, 4) is 0 Å². The molecule has 0 spiro atoms. The third kappa shape index (κ3) is 4.31. The molecule has 122 valence electrons. The van der Waals surface area contributed by atoms with Crippen LogP contribution in [0.5, 0.6) is 0 Å². The van der Waals surface area contributed by atoms with Crippen molar-refractivity contribution in [3.05, 3.63) is 35.4 Å². The Hall–Kier alpha value is -2.37. The van der Waals surface area contributed by atoms with E-state index >= 15 is 0 Å². The molecule has 0 radical (unpaired) electrons. The average Bonchev–Trinajstić information content (AvgIpc) is 3.20. The molecule has 1 aliphatic heterocycles. The van der Waals surface area contributed by atoms with Gasteiger partial charge in [0.05, 0.1) is 5.71 Å². The van der Waals surface area contributed by atoms with Gasteiger partial charge in [-0.25, -0.2) is 0 Å². The minimum absolute atomic E-state index is 0.0169. The number of hydrogen-bond donors (Lipinski definition) is 2. The predicted octanol–water partition coefficient (Wildman–Crippen LogP) is 1.27. The first-order chi connectivity index (χ1) is 11.1. The second kappa shape index (κ2) is 6.81. The molecule has 0 bridgehead atoms. The van der Waals surface area contributed by atoms with Gasteiger partial charge in [0.2, 0.25) is 12.0 Å². The normalized spacial score (nSPS) is 19.7. The summed E-state index contributed by atoms with van der Waals surface area (Å²) in [7, 11) is 0. The van der Waals surface area contributed by atoms with E-state index in [1.165, 1.54) is 5.56 Å². The van der Waals surface area contributed by atoms with Crippen molar-refractivity contribution in [3.63, 3.8) is 0 Å². The molecule has 23 heavy (non-hydrogen) atoms. The van der Waals surface area contributed by atoms with Gasteiger partial charge >= 0.3 is 0 Å². The topological polar surface area (TPSA) is 79.8 Å². The molecule has 3 rings (SSSR count). The lowest BCUT2D eigenvalue weighted by Gasteiger charge is -2.09. The van der Waals surface area contributed by atoms with Gasteiger partial charge in [0, 0.05) is 25.4 Å². The number of nitrogens with one attached hydrogen (secondary N) is 2. The summed E-state index contributed by atoms with van der Waals surface area (Å²) in [5.41, 5.74) is 2.92. The first-order valence-electron chi connectivity index (χ1n) is 7.98. The molecule has 6 heteroatoms. The van der Waals surface area contributed by atoms with Crippen LogP contribution in [0.1, 0.15) is 36.8 Å². The maximum atomic E-state index is 12.1. The van der Waals surface area contributed by atoms with Gasteiger partial charge in [-0.1, -0.05) is 35.0 Å². The van der Waals surface area contributed by atoms with Gasteiger partial charge in [0.15, 0.2) is 0 Å². The summed E-state index contributed by atoms with van der Waals surface area (Å²) in [5, 5.41) is 9.62. The molecule has 2 amide bonds. The van der Waals surface area contributed by atoms with Crippen molar-refractivity contribution in [1.29, 1.82) is 0 Å². The number of oxime groups is 1. The van der Waals surface area contributed by atoms with Crippen molar-refractivity contribution in [2.24, 2.45) is 5.16 Å². The van der Waals surface area contributed by atoms with E-state index in [0.29, 0.717) is 25.4 Å². The van der Waals surface area contributed by atoms with Crippen molar-refractivity contribution in [2.75, 3.05) is 6.54 Å². The van der Waals surface area contributed by atoms with Crippen molar-refractivity contribution in [2.45, 2.75) is 44.8 Å². The third-order valence-electron chi connectivity index (χ3n) is 3.94. The van der Waals surface area contributed by atoms with Crippen LogP contribution >= 0.6 is 0 Å². The van der Waals surface area contributed by atoms with Crippen molar-refractivity contribution >= 4 is 17.5 Å². The summed E-state index contributed by atoms with van der Waals surface area (Å²) < 4.78 is 0. The van der Waals surface area contributed by atoms with E-state index in [1.807, 2.05) is 31.2 Å². The number of nitrogens with zero attached hydrogens (tertiary/aromatic N) is 1. The smallest absolute Gasteiger partial charge is 0.264 e. The van der Waals surface area contributed by atoms with Gasteiger partial charge in [-0.15, -0.1) is 0 Å². The maximum absolute atomic E-state index is 12.1. The van der Waals surface area contributed by atoms with Gasteiger partial charge in [0.1, 0.15) is 0 Å². The molecule has 1 unspecified atom stereocenters. The van der Waals surface area contributed by atoms with E-state index in [0.717, 1.165) is 24.1 Å². The molecular formula is C17H21N3O3. The Morgan fingerprint density at radius 2 is 2.00 bits per heavy atom. The molecule has 2 N–H and O–H groups in total. The minimum atomic E-state index is -0.613. The third-order valence-corrected chi connectivity index (χ3v) is 3.94. The lowest BCUT2D eigenvalue weighted by molar-refractivity contribution is -0.131. The van der Waals surface area contributed by atoms with Crippen LogP contribution in [0.4, 0.5) is 0 Å². The molecule has 1 heterocycles. The molecule has 1 saturated carbocycles. The summed E-state index contributed by atoms with van der Waals surface area (Å²) in [6, 6.07) is 8.30.